The quantitative estimate of drug-likeness (QED) is 0.421. The number of aryl methyl sites for hydroxylation is 1. The van der Waals surface area contributed by atoms with Crippen molar-refractivity contribution in [1.29, 1.82) is 0 Å². The van der Waals surface area contributed by atoms with Crippen LogP contribution >= 0.6 is 27.3 Å². The molecule has 0 spiro atoms. The van der Waals surface area contributed by atoms with Crippen molar-refractivity contribution in [1.82, 2.24) is 4.98 Å². The maximum absolute atomic E-state index is 12.6. The van der Waals surface area contributed by atoms with Crippen molar-refractivity contribution in [3.63, 3.8) is 0 Å². The molecule has 1 aromatic heterocycles. The Bertz CT molecular complexity index is 1070. The number of rotatable bonds is 3. The number of nitrogens with zero attached hydrogens (tertiary/aromatic N) is 1. The van der Waals surface area contributed by atoms with Gasteiger partial charge in [0.05, 0.1) is 15.9 Å². The standard InChI is InChI=1S/C21H15BrN2OS/c1-13-6-8-14(9-7-13)20(25)23-17-11-10-15(22)12-16(17)21-24-18-4-2-3-5-19(18)26-21/h2-12H,1H3,(H,23,25). The Kier molecular flexibility index (Phi) is 4.57. The van der Waals surface area contributed by atoms with Crippen LogP contribution < -0.4 is 5.32 Å². The molecule has 0 fully saturated rings. The first-order chi connectivity index (χ1) is 12.6. The minimum atomic E-state index is -0.130. The first-order valence-corrected chi connectivity index (χ1v) is 9.74. The second-order valence-corrected chi connectivity index (χ2v) is 7.94. The summed E-state index contributed by atoms with van der Waals surface area (Å²) in [5.41, 5.74) is 4.37. The summed E-state index contributed by atoms with van der Waals surface area (Å²) in [5, 5.41) is 3.90. The van der Waals surface area contributed by atoms with Crippen molar-refractivity contribution in [3.05, 3.63) is 82.3 Å². The summed E-state index contributed by atoms with van der Waals surface area (Å²) in [6, 6.07) is 21.4. The number of thiazole rings is 1. The fraction of sp³-hybridized carbons (Fsp3) is 0.0476. The average Bonchev–Trinajstić information content (AvgIpc) is 3.07. The summed E-state index contributed by atoms with van der Waals surface area (Å²) in [6.45, 7) is 2.00. The van der Waals surface area contributed by atoms with Crippen molar-refractivity contribution < 1.29 is 4.79 Å². The lowest BCUT2D eigenvalue weighted by atomic mass is 10.1. The summed E-state index contributed by atoms with van der Waals surface area (Å²) in [6.07, 6.45) is 0. The van der Waals surface area contributed by atoms with E-state index in [1.165, 1.54) is 0 Å². The second kappa shape index (κ2) is 7.02. The second-order valence-electron chi connectivity index (χ2n) is 6.00. The van der Waals surface area contributed by atoms with Gasteiger partial charge in [0.25, 0.3) is 5.91 Å². The summed E-state index contributed by atoms with van der Waals surface area (Å²) in [7, 11) is 0. The highest BCUT2D eigenvalue weighted by molar-refractivity contribution is 9.10. The van der Waals surface area contributed by atoms with E-state index in [1.54, 1.807) is 11.3 Å². The molecule has 0 saturated carbocycles. The topological polar surface area (TPSA) is 42.0 Å². The van der Waals surface area contributed by atoms with Crippen molar-refractivity contribution in [2.45, 2.75) is 6.92 Å². The number of hydrogen-bond acceptors (Lipinski definition) is 3. The molecule has 4 aromatic rings. The fourth-order valence-corrected chi connectivity index (χ4v) is 4.05. The molecule has 0 radical (unpaired) electrons. The molecule has 1 N–H and O–H groups in total. The Balaban J connectivity index is 1.72. The van der Waals surface area contributed by atoms with Gasteiger partial charge in [-0.2, -0.15) is 0 Å². The summed E-state index contributed by atoms with van der Waals surface area (Å²) < 4.78 is 2.07. The van der Waals surface area contributed by atoms with Crippen molar-refractivity contribution in [2.75, 3.05) is 5.32 Å². The molecule has 1 heterocycles. The van der Waals surface area contributed by atoms with Crippen molar-refractivity contribution in [3.8, 4) is 10.6 Å². The van der Waals surface area contributed by atoms with Crippen LogP contribution in [0.1, 0.15) is 15.9 Å². The van der Waals surface area contributed by atoms with Gasteiger partial charge in [-0.05, 0) is 49.4 Å². The highest BCUT2D eigenvalue weighted by Gasteiger charge is 2.14. The third kappa shape index (κ3) is 3.41. The van der Waals surface area contributed by atoms with Gasteiger partial charge in [0.15, 0.2) is 0 Å². The highest BCUT2D eigenvalue weighted by atomic mass is 79.9. The van der Waals surface area contributed by atoms with Crippen LogP contribution in [0.3, 0.4) is 0 Å². The van der Waals surface area contributed by atoms with Crippen LogP contribution in [0.4, 0.5) is 5.69 Å². The van der Waals surface area contributed by atoms with E-state index < -0.39 is 0 Å². The van der Waals surface area contributed by atoms with Crippen LogP contribution in [0.2, 0.25) is 0 Å². The average molecular weight is 423 g/mol. The number of carbonyl (C=O) groups excluding carboxylic acids is 1. The minimum Gasteiger partial charge on any atom is -0.321 e. The van der Waals surface area contributed by atoms with Crippen LogP contribution in [-0.4, -0.2) is 10.9 Å². The highest BCUT2D eigenvalue weighted by Crippen LogP contribution is 2.36. The first kappa shape index (κ1) is 16.9. The zero-order chi connectivity index (χ0) is 18.1. The predicted octanol–water partition coefficient (Wildman–Crippen LogP) is 6.29. The van der Waals surface area contributed by atoms with E-state index in [-0.39, 0.29) is 5.91 Å². The lowest BCUT2D eigenvalue weighted by Gasteiger charge is -2.10. The number of nitrogens with one attached hydrogen (secondary N) is 1. The zero-order valence-corrected chi connectivity index (χ0v) is 16.4. The lowest BCUT2D eigenvalue weighted by Crippen LogP contribution is -2.12. The molecule has 0 atom stereocenters. The smallest absolute Gasteiger partial charge is 0.255 e. The Morgan fingerprint density at radius 1 is 1.04 bits per heavy atom. The van der Waals surface area contributed by atoms with Gasteiger partial charge in [-0.25, -0.2) is 4.98 Å². The van der Waals surface area contributed by atoms with Crippen molar-refractivity contribution >= 4 is 49.1 Å². The zero-order valence-electron chi connectivity index (χ0n) is 14.0. The van der Waals surface area contributed by atoms with Crippen LogP contribution in [-0.2, 0) is 0 Å². The van der Waals surface area contributed by atoms with Crippen LogP contribution in [0.5, 0.6) is 0 Å². The van der Waals surface area contributed by atoms with E-state index in [1.807, 2.05) is 67.6 Å². The van der Waals surface area contributed by atoms with E-state index in [4.69, 9.17) is 4.98 Å². The van der Waals surface area contributed by atoms with Crippen LogP contribution in [0, 0.1) is 6.92 Å². The number of halogens is 1. The van der Waals surface area contributed by atoms with Gasteiger partial charge >= 0.3 is 0 Å². The van der Waals surface area contributed by atoms with Gasteiger partial charge in [0.2, 0.25) is 0 Å². The van der Waals surface area contributed by atoms with E-state index in [0.29, 0.717) is 5.56 Å². The number of aromatic nitrogens is 1. The summed E-state index contributed by atoms with van der Waals surface area (Å²) >= 11 is 5.14. The Morgan fingerprint density at radius 2 is 1.81 bits per heavy atom. The monoisotopic (exact) mass is 422 g/mol. The first-order valence-electron chi connectivity index (χ1n) is 8.14. The molecule has 3 nitrogen and oxygen atoms in total. The number of fused-ring (bicyclic) bond motifs is 1. The van der Waals surface area contributed by atoms with Gasteiger partial charge in [-0.3, -0.25) is 4.79 Å². The molecule has 0 aliphatic rings. The number of amides is 1. The molecular weight excluding hydrogens is 408 g/mol. The molecule has 3 aromatic carbocycles. The Labute approximate surface area is 163 Å². The van der Waals surface area contributed by atoms with Crippen LogP contribution in [0.25, 0.3) is 20.8 Å². The number of para-hydroxylation sites is 1. The van der Waals surface area contributed by atoms with Crippen molar-refractivity contribution in [2.24, 2.45) is 0 Å². The molecule has 1 amide bonds. The normalized spacial score (nSPS) is 10.8. The summed E-state index contributed by atoms with van der Waals surface area (Å²) in [4.78, 5) is 17.3. The third-order valence-corrected chi connectivity index (χ3v) is 5.63. The SMILES string of the molecule is Cc1ccc(C(=O)Nc2ccc(Br)cc2-c2nc3ccccc3s2)cc1. The van der Waals surface area contributed by atoms with Gasteiger partial charge < -0.3 is 5.32 Å². The van der Waals surface area contributed by atoms with Crippen LogP contribution in [0.15, 0.2) is 71.2 Å². The molecule has 0 aliphatic heterocycles. The molecular formula is C21H15BrN2OS. The molecule has 0 saturated heterocycles. The summed E-state index contributed by atoms with van der Waals surface area (Å²) in [5.74, 6) is -0.130. The molecule has 4 rings (SSSR count). The fourth-order valence-electron chi connectivity index (χ4n) is 2.69. The third-order valence-electron chi connectivity index (χ3n) is 4.07. The molecule has 26 heavy (non-hydrogen) atoms. The Hall–Kier alpha value is -2.50. The molecule has 5 heteroatoms. The van der Waals surface area contributed by atoms with E-state index in [9.17, 15) is 4.79 Å². The molecule has 0 bridgehead atoms. The Morgan fingerprint density at radius 3 is 2.58 bits per heavy atom. The van der Waals surface area contributed by atoms with Gasteiger partial charge in [0.1, 0.15) is 5.01 Å². The number of anilines is 1. The predicted molar refractivity (Wildman–Crippen MR) is 112 cm³/mol. The van der Waals surface area contributed by atoms with Gasteiger partial charge in [-0.1, -0.05) is 45.8 Å². The largest absolute Gasteiger partial charge is 0.321 e. The van der Waals surface area contributed by atoms with E-state index in [0.717, 1.165) is 36.5 Å². The number of hydrogen-bond donors (Lipinski definition) is 1. The van der Waals surface area contributed by atoms with Gasteiger partial charge in [0, 0.05) is 15.6 Å². The number of benzene rings is 3. The maximum atomic E-state index is 12.6. The van der Waals surface area contributed by atoms with E-state index >= 15 is 0 Å². The van der Waals surface area contributed by atoms with Gasteiger partial charge in [-0.15, -0.1) is 11.3 Å². The maximum Gasteiger partial charge on any atom is 0.255 e. The molecule has 128 valence electrons. The number of carbonyl (C=O) groups is 1. The molecule has 0 unspecified atom stereocenters. The molecule has 0 aliphatic carbocycles. The van der Waals surface area contributed by atoms with E-state index in [2.05, 4.69) is 27.3 Å². The minimum absolute atomic E-state index is 0.130. The lowest BCUT2D eigenvalue weighted by molar-refractivity contribution is 0.102.